The lowest BCUT2D eigenvalue weighted by Crippen LogP contribution is -2.44. The molecule has 1 fully saturated rings. The summed E-state index contributed by atoms with van der Waals surface area (Å²) >= 11 is 3.26. The fraction of sp³-hybridized carbons (Fsp3) is 0.500. The van der Waals surface area contributed by atoms with Gasteiger partial charge in [0, 0.05) is 22.0 Å². The normalized spacial score (nSPS) is 19.3. The van der Waals surface area contributed by atoms with Gasteiger partial charge in [0.1, 0.15) is 5.82 Å². The minimum absolute atomic E-state index is 0.172. The molecule has 0 atom stereocenters. The third-order valence-corrected chi connectivity index (χ3v) is 4.51. The summed E-state index contributed by atoms with van der Waals surface area (Å²) < 4.78 is 14.5. The molecule has 0 unspecified atom stereocenters. The van der Waals surface area contributed by atoms with Crippen molar-refractivity contribution in [2.24, 2.45) is 11.1 Å². The molecular formula is C14H19BrFN3. The first-order valence-corrected chi connectivity index (χ1v) is 7.21. The van der Waals surface area contributed by atoms with E-state index in [0.717, 1.165) is 36.0 Å². The Labute approximate surface area is 121 Å². The molecule has 0 radical (unpaired) electrons. The van der Waals surface area contributed by atoms with Gasteiger partial charge in [0.25, 0.3) is 0 Å². The van der Waals surface area contributed by atoms with Gasteiger partial charge in [0.2, 0.25) is 0 Å². The van der Waals surface area contributed by atoms with Gasteiger partial charge in [0.15, 0.2) is 0 Å². The highest BCUT2D eigenvalue weighted by molar-refractivity contribution is 9.10. The van der Waals surface area contributed by atoms with Gasteiger partial charge in [-0.2, -0.15) is 0 Å². The summed E-state index contributed by atoms with van der Waals surface area (Å²) in [5.74, 6) is 0.0938. The second-order valence-electron chi connectivity index (χ2n) is 5.49. The number of nitrogens with two attached hydrogens (primary N) is 1. The SMILES string of the molecule is CC1(C(=N)N)CCN(Cc2ccc(Br)cc2F)CC1. The zero-order valence-electron chi connectivity index (χ0n) is 11.0. The van der Waals surface area contributed by atoms with Gasteiger partial charge in [0.05, 0.1) is 5.84 Å². The molecular weight excluding hydrogens is 309 g/mol. The Morgan fingerprint density at radius 1 is 1.47 bits per heavy atom. The maximum Gasteiger partial charge on any atom is 0.128 e. The zero-order chi connectivity index (χ0) is 14.0. The summed E-state index contributed by atoms with van der Waals surface area (Å²) in [5, 5.41) is 7.62. The third kappa shape index (κ3) is 3.34. The van der Waals surface area contributed by atoms with Crippen LogP contribution < -0.4 is 5.73 Å². The Hall–Kier alpha value is -0.940. The van der Waals surface area contributed by atoms with Crippen LogP contribution >= 0.6 is 15.9 Å². The number of hydrogen-bond donors (Lipinski definition) is 2. The Balaban J connectivity index is 1.98. The van der Waals surface area contributed by atoms with Gasteiger partial charge in [-0.05, 0) is 38.1 Å². The summed E-state index contributed by atoms with van der Waals surface area (Å²) in [5.41, 5.74) is 6.17. The molecule has 1 aliphatic rings. The van der Waals surface area contributed by atoms with Crippen LogP contribution in [0.25, 0.3) is 0 Å². The highest BCUT2D eigenvalue weighted by atomic mass is 79.9. The molecule has 3 nitrogen and oxygen atoms in total. The van der Waals surface area contributed by atoms with Crippen molar-refractivity contribution in [1.29, 1.82) is 5.41 Å². The molecule has 3 N–H and O–H groups in total. The summed E-state index contributed by atoms with van der Waals surface area (Å²) in [4.78, 5) is 2.22. The maximum atomic E-state index is 13.8. The van der Waals surface area contributed by atoms with Crippen LogP contribution in [0.15, 0.2) is 22.7 Å². The molecule has 0 aliphatic carbocycles. The van der Waals surface area contributed by atoms with Crippen molar-refractivity contribution in [3.63, 3.8) is 0 Å². The Bertz CT molecular complexity index is 482. The second kappa shape index (κ2) is 5.59. The number of likely N-dealkylation sites (tertiary alicyclic amines) is 1. The van der Waals surface area contributed by atoms with E-state index < -0.39 is 0 Å². The largest absolute Gasteiger partial charge is 0.387 e. The molecule has 0 bridgehead atoms. The van der Waals surface area contributed by atoms with Crippen LogP contribution in [0.3, 0.4) is 0 Å². The van der Waals surface area contributed by atoms with Gasteiger partial charge in [-0.15, -0.1) is 0 Å². The van der Waals surface area contributed by atoms with Gasteiger partial charge in [-0.25, -0.2) is 4.39 Å². The standard InChI is InChI=1S/C14H19BrFN3/c1-14(13(17)18)4-6-19(7-5-14)9-10-2-3-11(15)8-12(10)16/h2-3,8H,4-7,9H2,1H3,(H3,17,18). The lowest BCUT2D eigenvalue weighted by molar-refractivity contribution is 0.154. The molecule has 1 aromatic carbocycles. The average molecular weight is 328 g/mol. The molecule has 0 spiro atoms. The van der Waals surface area contributed by atoms with E-state index in [2.05, 4.69) is 20.8 Å². The topological polar surface area (TPSA) is 53.1 Å². The molecule has 2 rings (SSSR count). The highest BCUT2D eigenvalue weighted by Crippen LogP contribution is 2.31. The van der Waals surface area contributed by atoms with Crippen molar-refractivity contribution in [3.05, 3.63) is 34.1 Å². The molecule has 104 valence electrons. The number of piperidine rings is 1. The van der Waals surface area contributed by atoms with Crippen molar-refractivity contribution in [2.75, 3.05) is 13.1 Å². The summed E-state index contributed by atoms with van der Waals surface area (Å²) in [6, 6.07) is 5.18. The first-order valence-electron chi connectivity index (χ1n) is 6.41. The van der Waals surface area contributed by atoms with Crippen molar-refractivity contribution in [3.8, 4) is 0 Å². The predicted octanol–water partition coefficient (Wildman–Crippen LogP) is 3.13. The zero-order valence-corrected chi connectivity index (χ0v) is 12.6. The van der Waals surface area contributed by atoms with Crippen molar-refractivity contribution in [2.45, 2.75) is 26.3 Å². The summed E-state index contributed by atoms with van der Waals surface area (Å²) in [6.07, 6.45) is 1.72. The average Bonchev–Trinajstić information content (AvgIpc) is 2.35. The molecule has 1 aliphatic heterocycles. The lowest BCUT2D eigenvalue weighted by atomic mass is 9.79. The quantitative estimate of drug-likeness (QED) is 0.662. The first kappa shape index (κ1) is 14.5. The Kier molecular flexibility index (Phi) is 4.26. The monoisotopic (exact) mass is 327 g/mol. The summed E-state index contributed by atoms with van der Waals surface area (Å²) in [7, 11) is 0. The van der Waals surface area contributed by atoms with Gasteiger partial charge in [-0.3, -0.25) is 10.3 Å². The number of halogens is 2. The van der Waals surface area contributed by atoms with Crippen molar-refractivity contribution < 1.29 is 4.39 Å². The predicted molar refractivity (Wildman–Crippen MR) is 78.6 cm³/mol. The number of nitrogens with zero attached hydrogens (tertiary/aromatic N) is 1. The van der Waals surface area contributed by atoms with E-state index in [0.29, 0.717) is 6.54 Å². The molecule has 0 aromatic heterocycles. The number of hydrogen-bond acceptors (Lipinski definition) is 2. The fourth-order valence-corrected chi connectivity index (χ4v) is 2.70. The van der Waals surface area contributed by atoms with Crippen molar-refractivity contribution in [1.82, 2.24) is 4.90 Å². The first-order chi connectivity index (χ1) is 8.90. The molecule has 5 heteroatoms. The number of nitrogens with one attached hydrogen (secondary N) is 1. The number of amidine groups is 1. The van der Waals surface area contributed by atoms with E-state index in [-0.39, 0.29) is 17.1 Å². The highest BCUT2D eigenvalue weighted by Gasteiger charge is 2.32. The van der Waals surface area contributed by atoms with Crippen LogP contribution in [0.1, 0.15) is 25.3 Å². The van der Waals surface area contributed by atoms with E-state index in [1.54, 1.807) is 0 Å². The van der Waals surface area contributed by atoms with Gasteiger partial charge in [-0.1, -0.05) is 28.9 Å². The van der Waals surface area contributed by atoms with Crippen LogP contribution in [0.5, 0.6) is 0 Å². The number of benzene rings is 1. The van der Waals surface area contributed by atoms with Crippen LogP contribution in [-0.4, -0.2) is 23.8 Å². The Morgan fingerprint density at radius 3 is 2.63 bits per heavy atom. The van der Waals surface area contributed by atoms with Crippen LogP contribution in [0.2, 0.25) is 0 Å². The second-order valence-corrected chi connectivity index (χ2v) is 6.40. The van der Waals surface area contributed by atoms with Crippen LogP contribution in [0, 0.1) is 16.6 Å². The molecule has 1 aromatic rings. The maximum absolute atomic E-state index is 13.8. The summed E-state index contributed by atoms with van der Waals surface area (Å²) in [6.45, 7) is 4.36. The van der Waals surface area contributed by atoms with E-state index >= 15 is 0 Å². The Morgan fingerprint density at radius 2 is 2.11 bits per heavy atom. The van der Waals surface area contributed by atoms with E-state index in [1.807, 2.05) is 19.1 Å². The third-order valence-electron chi connectivity index (χ3n) is 4.02. The van der Waals surface area contributed by atoms with Crippen molar-refractivity contribution >= 4 is 21.8 Å². The number of rotatable bonds is 3. The van der Waals surface area contributed by atoms with E-state index in [1.165, 1.54) is 6.07 Å². The molecule has 1 saturated heterocycles. The van der Waals surface area contributed by atoms with Gasteiger partial charge >= 0.3 is 0 Å². The fourth-order valence-electron chi connectivity index (χ4n) is 2.36. The smallest absolute Gasteiger partial charge is 0.128 e. The van der Waals surface area contributed by atoms with Crippen LogP contribution in [0.4, 0.5) is 4.39 Å². The lowest BCUT2D eigenvalue weighted by Gasteiger charge is -2.38. The van der Waals surface area contributed by atoms with Crippen LogP contribution in [-0.2, 0) is 6.54 Å². The van der Waals surface area contributed by atoms with Gasteiger partial charge < -0.3 is 5.73 Å². The minimum atomic E-state index is -0.186. The minimum Gasteiger partial charge on any atom is -0.387 e. The molecule has 1 heterocycles. The molecule has 0 amide bonds. The molecule has 19 heavy (non-hydrogen) atoms. The van der Waals surface area contributed by atoms with E-state index in [4.69, 9.17) is 11.1 Å². The van der Waals surface area contributed by atoms with E-state index in [9.17, 15) is 4.39 Å². The molecule has 0 saturated carbocycles.